The van der Waals surface area contributed by atoms with Crippen molar-refractivity contribution in [3.63, 3.8) is 0 Å². The largest absolute Gasteiger partial charge is 0.519 e. The van der Waals surface area contributed by atoms with Crippen molar-refractivity contribution in [3.05, 3.63) is 69.8 Å². The minimum atomic E-state index is -3.87. The van der Waals surface area contributed by atoms with Crippen molar-refractivity contribution < 1.29 is 60.2 Å². The fraction of sp³-hybridized carbons (Fsp3) is 0.528. The summed E-state index contributed by atoms with van der Waals surface area (Å²) in [5, 5.41) is 4.05. The molecule has 1 aromatic heterocycles. The molecule has 2 unspecified atom stereocenters. The number of benzene rings is 1. The van der Waals surface area contributed by atoms with E-state index in [2.05, 4.69) is 10.6 Å². The Morgan fingerprint density at radius 1 is 0.946 bits per heavy atom. The van der Waals surface area contributed by atoms with Crippen LogP contribution >= 0.6 is 11.8 Å². The Labute approximate surface area is 325 Å². The van der Waals surface area contributed by atoms with E-state index in [4.69, 9.17) is 23.0 Å². The third-order valence-electron chi connectivity index (χ3n) is 10.1. The second kappa shape index (κ2) is 15.1. The van der Waals surface area contributed by atoms with Gasteiger partial charge in [0.25, 0.3) is 0 Å². The van der Waals surface area contributed by atoms with Crippen LogP contribution in [0.2, 0.25) is 0 Å². The summed E-state index contributed by atoms with van der Waals surface area (Å²) in [6, 6.07) is 4.18. The van der Waals surface area contributed by atoms with Crippen LogP contribution in [0.25, 0.3) is 0 Å². The summed E-state index contributed by atoms with van der Waals surface area (Å²) < 4.78 is 49.1. The van der Waals surface area contributed by atoms with E-state index in [1.165, 1.54) is 36.6 Å². The number of allylic oxidation sites excluding steroid dienone is 1. The first-order valence-corrected chi connectivity index (χ1v) is 20.2. The fourth-order valence-corrected chi connectivity index (χ4v) is 10.9. The molecule has 20 heteroatoms. The Morgan fingerprint density at radius 3 is 2.14 bits per heavy atom. The third-order valence-corrected chi connectivity index (χ3v) is 14.5. The zero-order valence-corrected chi connectivity index (χ0v) is 33.0. The minimum absolute atomic E-state index is 0.235. The molecule has 6 atom stereocenters. The fourth-order valence-electron chi connectivity index (χ4n) is 7.20. The maximum Gasteiger partial charge on any atom is 0.519 e. The summed E-state index contributed by atoms with van der Waals surface area (Å²) in [6.45, 7) is 8.47. The Kier molecular flexibility index (Phi) is 10.9. The summed E-state index contributed by atoms with van der Waals surface area (Å²) >= 11 is 1.28. The SMILES string of the molecule is CCCOC(=O)/C=C(\C)NC(C(=O)NC1C(=O)N2[C@@H]1SC(C)(C)[C@@H]2C(=O)OCc1oc(=O)oc1COC(=O)[C@@H]1N2C(=O)C[C@H]2S(=O)(=O)C1(C)C)c1ccccc1. The van der Waals surface area contributed by atoms with Gasteiger partial charge in [0, 0.05) is 16.5 Å². The van der Waals surface area contributed by atoms with E-state index in [0.717, 1.165) is 4.90 Å². The topological polar surface area (TPSA) is 238 Å². The molecule has 0 bridgehead atoms. The van der Waals surface area contributed by atoms with Gasteiger partial charge in [-0.25, -0.2) is 27.6 Å². The lowest BCUT2D eigenvalue weighted by Crippen LogP contribution is -2.71. The number of amides is 3. The molecule has 2 N–H and O–H groups in total. The number of esters is 3. The third kappa shape index (κ3) is 7.19. The molecule has 0 radical (unpaired) electrons. The highest BCUT2D eigenvalue weighted by Crippen LogP contribution is 2.51. The van der Waals surface area contributed by atoms with E-state index in [-0.39, 0.29) is 24.5 Å². The number of ether oxygens (including phenoxy) is 3. The molecule has 302 valence electrons. The lowest BCUT2D eigenvalue weighted by molar-refractivity contribution is -0.165. The quantitative estimate of drug-likeness (QED) is 0.118. The Hall–Kier alpha value is -5.11. The van der Waals surface area contributed by atoms with Crippen LogP contribution < -0.4 is 16.5 Å². The van der Waals surface area contributed by atoms with Crippen LogP contribution in [-0.4, -0.2) is 98.8 Å². The van der Waals surface area contributed by atoms with Crippen molar-refractivity contribution in [1.82, 2.24) is 20.4 Å². The smallest absolute Gasteiger partial charge is 0.462 e. The van der Waals surface area contributed by atoms with Gasteiger partial charge in [0.2, 0.25) is 17.7 Å². The Balaban J connectivity index is 1.09. The van der Waals surface area contributed by atoms with Gasteiger partial charge in [0.1, 0.15) is 34.9 Å². The first kappa shape index (κ1) is 40.6. The number of rotatable bonds is 14. The molecule has 18 nitrogen and oxygen atoms in total. The van der Waals surface area contributed by atoms with Crippen molar-refractivity contribution in [2.75, 3.05) is 6.61 Å². The summed E-state index contributed by atoms with van der Waals surface area (Å²) in [5.74, 6) is -5.87. The van der Waals surface area contributed by atoms with E-state index >= 15 is 0 Å². The number of nitrogens with zero attached hydrogens (tertiary/aromatic N) is 2. The van der Waals surface area contributed by atoms with Crippen molar-refractivity contribution in [2.45, 2.75) is 112 Å². The van der Waals surface area contributed by atoms with E-state index in [1.54, 1.807) is 51.1 Å². The second-order valence-corrected chi connectivity index (χ2v) is 19.2. The zero-order valence-electron chi connectivity index (χ0n) is 31.4. The average Bonchev–Trinajstić information content (AvgIpc) is 3.67. The first-order chi connectivity index (χ1) is 26.3. The molecule has 4 aliphatic rings. The molecular formula is C36H42N4O14S2. The number of fused-ring (bicyclic) bond motifs is 2. The number of carbonyl (C=O) groups excluding carboxylic acids is 6. The van der Waals surface area contributed by atoms with Crippen molar-refractivity contribution in [1.29, 1.82) is 0 Å². The van der Waals surface area contributed by atoms with E-state index in [1.807, 2.05) is 6.92 Å². The van der Waals surface area contributed by atoms with Gasteiger partial charge in [-0.05, 0) is 46.6 Å². The highest BCUT2D eigenvalue weighted by Gasteiger charge is 2.68. The summed E-state index contributed by atoms with van der Waals surface area (Å²) in [7, 11) is -3.87. The summed E-state index contributed by atoms with van der Waals surface area (Å²) in [6.07, 6.45) is 1.65. The molecule has 4 aliphatic heterocycles. The van der Waals surface area contributed by atoms with Crippen molar-refractivity contribution in [3.8, 4) is 0 Å². The number of hydrogen-bond acceptors (Lipinski definition) is 16. The molecule has 6 rings (SSSR count). The van der Waals surface area contributed by atoms with Crippen molar-refractivity contribution >= 4 is 57.2 Å². The van der Waals surface area contributed by atoms with Gasteiger partial charge < -0.3 is 43.5 Å². The van der Waals surface area contributed by atoms with Crippen LogP contribution in [0.3, 0.4) is 0 Å². The Bertz CT molecular complexity index is 2140. The Morgan fingerprint density at radius 2 is 1.55 bits per heavy atom. The van der Waals surface area contributed by atoms with Crippen LogP contribution in [0.5, 0.6) is 0 Å². The monoisotopic (exact) mass is 818 g/mol. The predicted octanol–water partition coefficient (Wildman–Crippen LogP) is 1.19. The van der Waals surface area contributed by atoms with Crippen LogP contribution in [0.4, 0.5) is 0 Å². The van der Waals surface area contributed by atoms with Gasteiger partial charge in [-0.2, -0.15) is 0 Å². The molecule has 0 saturated carbocycles. The van der Waals surface area contributed by atoms with Gasteiger partial charge in [0.05, 0.1) is 17.8 Å². The minimum Gasteiger partial charge on any atom is -0.462 e. The van der Waals surface area contributed by atoms with E-state index in [9.17, 15) is 42.0 Å². The molecule has 4 saturated heterocycles. The number of hydrogen-bond donors (Lipinski definition) is 2. The molecule has 2 aromatic rings. The van der Waals surface area contributed by atoms with Crippen molar-refractivity contribution in [2.24, 2.45) is 0 Å². The van der Waals surface area contributed by atoms with Gasteiger partial charge in [0.15, 0.2) is 34.6 Å². The van der Waals surface area contributed by atoms with Crippen LogP contribution in [0.1, 0.15) is 77.5 Å². The number of sulfone groups is 1. The van der Waals surface area contributed by atoms with E-state index < -0.39 is 109 Å². The second-order valence-electron chi connectivity index (χ2n) is 14.8. The van der Waals surface area contributed by atoms with Gasteiger partial charge in [-0.3, -0.25) is 14.4 Å². The number of nitrogens with one attached hydrogen (secondary N) is 2. The summed E-state index contributed by atoms with van der Waals surface area (Å²) in [5.41, 5.74) is 0.930. The number of thioether (sulfide) groups is 1. The molecule has 0 spiro atoms. The average molecular weight is 819 g/mol. The van der Waals surface area contributed by atoms with E-state index in [0.29, 0.717) is 17.7 Å². The maximum absolute atomic E-state index is 13.7. The number of β-lactam (4-membered cyclic amide) rings is 2. The molecule has 4 fully saturated rings. The molecule has 5 heterocycles. The predicted molar refractivity (Wildman–Crippen MR) is 194 cm³/mol. The molecular weight excluding hydrogens is 777 g/mol. The highest BCUT2D eigenvalue weighted by molar-refractivity contribution is 8.01. The summed E-state index contributed by atoms with van der Waals surface area (Å²) in [4.78, 5) is 92.6. The van der Waals surface area contributed by atoms with Crippen LogP contribution in [0, 0.1) is 0 Å². The molecule has 0 aliphatic carbocycles. The highest BCUT2D eigenvalue weighted by atomic mass is 32.2. The lowest BCUT2D eigenvalue weighted by atomic mass is 9.95. The van der Waals surface area contributed by atoms with Crippen LogP contribution in [-0.2, 0) is 66.0 Å². The molecule has 1 aromatic carbocycles. The van der Waals surface area contributed by atoms with Gasteiger partial charge in [-0.1, -0.05) is 37.3 Å². The standard InChI is InChI=1S/C36H42N4O14S2/c1-7-13-50-24(42)14-18(2)37-25(19-11-9-8-10-12-19)29(43)38-26-30(44)40-27(35(3,4)55-31(26)40)32(45)51-16-20-21(54-34(47)53-20)17-52-33(46)28-36(5,6)56(48,49)23-15-22(41)39(23)28/h8-12,14,23,25-28,31,37H,7,13,15-17H2,1-6H3,(H,38,43)/b18-14+/t23-,25?,26?,27+,28+,31-/m1/s1. The zero-order chi connectivity index (χ0) is 40.9. The molecule has 3 amide bonds. The maximum atomic E-state index is 13.7. The lowest BCUT2D eigenvalue weighted by Gasteiger charge is -2.44. The first-order valence-electron chi connectivity index (χ1n) is 17.8. The van der Waals surface area contributed by atoms with Gasteiger partial charge >= 0.3 is 23.7 Å². The van der Waals surface area contributed by atoms with Gasteiger partial charge in [-0.15, -0.1) is 11.8 Å². The van der Waals surface area contributed by atoms with Crippen LogP contribution in [0.15, 0.2) is 55.7 Å². The normalized spacial score (nSPS) is 25.9. The molecule has 56 heavy (non-hydrogen) atoms. The number of carbonyl (C=O) groups is 6.